The first kappa shape index (κ1) is 13.6. The molecular weight excluding hydrogens is 242 g/mol. The largest absolute Gasteiger partial charge is 0.464 e. The van der Waals surface area contributed by atoms with Crippen molar-refractivity contribution in [2.24, 2.45) is 0 Å². The van der Waals surface area contributed by atoms with Gasteiger partial charge in [-0.25, -0.2) is 4.79 Å². The second kappa shape index (κ2) is 5.87. The van der Waals surface area contributed by atoms with Gasteiger partial charge in [0.25, 0.3) is 5.91 Å². The Balaban J connectivity index is 2.33. The molecule has 2 rings (SSSR count). The highest BCUT2D eigenvalue weighted by Gasteiger charge is 2.41. The number of rotatable bonds is 5. The van der Waals surface area contributed by atoms with Crippen LogP contribution in [0.25, 0.3) is 0 Å². The van der Waals surface area contributed by atoms with Gasteiger partial charge < -0.3 is 9.64 Å². The quantitative estimate of drug-likeness (QED) is 0.765. The van der Waals surface area contributed by atoms with Crippen LogP contribution in [0.3, 0.4) is 0 Å². The van der Waals surface area contributed by atoms with Crippen LogP contribution in [0, 0.1) is 0 Å². The van der Waals surface area contributed by atoms with Crippen LogP contribution in [0.5, 0.6) is 0 Å². The van der Waals surface area contributed by atoms with Gasteiger partial charge in [-0.15, -0.1) is 0 Å². The Hall–Kier alpha value is -1.84. The number of nitrogens with zero attached hydrogens (tertiary/aromatic N) is 1. The van der Waals surface area contributed by atoms with Gasteiger partial charge in [0.1, 0.15) is 0 Å². The van der Waals surface area contributed by atoms with Gasteiger partial charge >= 0.3 is 5.97 Å². The zero-order valence-electron chi connectivity index (χ0n) is 11.4. The van der Waals surface area contributed by atoms with Crippen LogP contribution in [0.1, 0.15) is 48.7 Å². The third kappa shape index (κ3) is 2.48. The topological polar surface area (TPSA) is 46.6 Å². The summed E-state index contributed by atoms with van der Waals surface area (Å²) in [5.41, 5.74) is 1.39. The molecule has 0 spiro atoms. The van der Waals surface area contributed by atoms with Gasteiger partial charge in [0.05, 0.1) is 6.61 Å². The third-order valence-corrected chi connectivity index (χ3v) is 3.32. The Morgan fingerprint density at radius 2 is 2.05 bits per heavy atom. The minimum atomic E-state index is -0.574. The summed E-state index contributed by atoms with van der Waals surface area (Å²) in [5.74, 6) is -0.404. The van der Waals surface area contributed by atoms with Gasteiger partial charge in [-0.05, 0) is 25.0 Å². The SMILES string of the molecule is CCCCN1C(=O)c2ccccc2C1C(=O)OCC. The molecular formula is C15H19NO3. The molecule has 0 N–H and O–H groups in total. The molecule has 0 fully saturated rings. The van der Waals surface area contributed by atoms with Crippen LogP contribution in [-0.2, 0) is 9.53 Å². The number of unbranched alkanes of at least 4 members (excludes halogenated alkanes) is 1. The number of hydrogen-bond acceptors (Lipinski definition) is 3. The highest BCUT2D eigenvalue weighted by Crippen LogP contribution is 2.34. The van der Waals surface area contributed by atoms with Crippen molar-refractivity contribution in [3.05, 3.63) is 35.4 Å². The summed E-state index contributed by atoms with van der Waals surface area (Å²) in [6.45, 7) is 4.75. The summed E-state index contributed by atoms with van der Waals surface area (Å²) in [5, 5.41) is 0. The fourth-order valence-corrected chi connectivity index (χ4v) is 2.40. The average Bonchev–Trinajstić information content (AvgIpc) is 2.70. The summed E-state index contributed by atoms with van der Waals surface area (Å²) in [7, 11) is 0. The van der Waals surface area contributed by atoms with Crippen molar-refractivity contribution in [1.29, 1.82) is 0 Å². The molecule has 102 valence electrons. The van der Waals surface area contributed by atoms with Crippen molar-refractivity contribution in [3.63, 3.8) is 0 Å². The van der Waals surface area contributed by atoms with E-state index in [-0.39, 0.29) is 11.9 Å². The molecule has 1 aromatic carbocycles. The van der Waals surface area contributed by atoms with Crippen LogP contribution < -0.4 is 0 Å². The van der Waals surface area contributed by atoms with Gasteiger partial charge in [0.2, 0.25) is 0 Å². The molecule has 4 nitrogen and oxygen atoms in total. The summed E-state index contributed by atoms with van der Waals surface area (Å²) in [6.07, 6.45) is 1.87. The third-order valence-electron chi connectivity index (χ3n) is 3.32. The Bertz CT molecular complexity index is 484. The molecule has 0 aliphatic carbocycles. The fourth-order valence-electron chi connectivity index (χ4n) is 2.40. The van der Waals surface area contributed by atoms with Gasteiger partial charge in [-0.2, -0.15) is 0 Å². The lowest BCUT2D eigenvalue weighted by molar-refractivity contribution is -0.148. The van der Waals surface area contributed by atoms with E-state index in [1.54, 1.807) is 17.9 Å². The molecule has 0 saturated heterocycles. The van der Waals surface area contributed by atoms with Crippen LogP contribution >= 0.6 is 0 Å². The second-order valence-electron chi connectivity index (χ2n) is 4.59. The lowest BCUT2D eigenvalue weighted by atomic mass is 10.1. The van der Waals surface area contributed by atoms with E-state index in [2.05, 4.69) is 6.92 Å². The maximum atomic E-state index is 12.3. The minimum Gasteiger partial charge on any atom is -0.464 e. The average molecular weight is 261 g/mol. The van der Waals surface area contributed by atoms with E-state index >= 15 is 0 Å². The lowest BCUT2D eigenvalue weighted by Gasteiger charge is -2.23. The van der Waals surface area contributed by atoms with E-state index in [4.69, 9.17) is 4.74 Å². The molecule has 1 atom stereocenters. The number of benzene rings is 1. The van der Waals surface area contributed by atoms with Crippen molar-refractivity contribution in [3.8, 4) is 0 Å². The highest BCUT2D eigenvalue weighted by molar-refractivity contribution is 6.03. The van der Waals surface area contributed by atoms with E-state index in [1.165, 1.54) is 0 Å². The monoisotopic (exact) mass is 261 g/mol. The zero-order chi connectivity index (χ0) is 13.8. The highest BCUT2D eigenvalue weighted by atomic mass is 16.5. The Morgan fingerprint density at radius 1 is 1.32 bits per heavy atom. The molecule has 1 aromatic rings. The van der Waals surface area contributed by atoms with E-state index in [0.717, 1.165) is 18.4 Å². The van der Waals surface area contributed by atoms with Crippen molar-refractivity contribution in [2.45, 2.75) is 32.7 Å². The maximum absolute atomic E-state index is 12.3. The lowest BCUT2D eigenvalue weighted by Crippen LogP contribution is -2.34. The number of esters is 1. The van der Waals surface area contributed by atoms with E-state index in [0.29, 0.717) is 18.7 Å². The fraction of sp³-hybridized carbons (Fsp3) is 0.467. The Morgan fingerprint density at radius 3 is 2.74 bits per heavy atom. The first-order valence-corrected chi connectivity index (χ1v) is 6.77. The summed E-state index contributed by atoms with van der Waals surface area (Å²) >= 11 is 0. The molecule has 4 heteroatoms. The molecule has 1 unspecified atom stereocenters. The number of carbonyl (C=O) groups is 2. The predicted molar refractivity (Wildman–Crippen MR) is 71.8 cm³/mol. The molecule has 19 heavy (non-hydrogen) atoms. The first-order valence-electron chi connectivity index (χ1n) is 6.77. The zero-order valence-corrected chi connectivity index (χ0v) is 11.4. The summed E-state index contributed by atoms with van der Waals surface area (Å²) in [6, 6.07) is 6.70. The molecule has 0 bridgehead atoms. The molecule has 0 aromatic heterocycles. The van der Waals surface area contributed by atoms with Crippen LogP contribution in [0.15, 0.2) is 24.3 Å². The Labute approximate surface area is 113 Å². The maximum Gasteiger partial charge on any atom is 0.333 e. The second-order valence-corrected chi connectivity index (χ2v) is 4.59. The summed E-state index contributed by atoms with van der Waals surface area (Å²) in [4.78, 5) is 26.1. The molecule has 0 radical (unpaired) electrons. The van der Waals surface area contributed by atoms with Crippen molar-refractivity contribution < 1.29 is 14.3 Å². The number of hydrogen-bond donors (Lipinski definition) is 0. The standard InChI is InChI=1S/C15H19NO3/c1-3-5-10-16-13(15(18)19-4-2)11-8-6-7-9-12(11)14(16)17/h6-9,13H,3-5,10H2,1-2H3. The first-order chi connectivity index (χ1) is 9.20. The Kier molecular flexibility index (Phi) is 4.20. The van der Waals surface area contributed by atoms with Crippen molar-refractivity contribution in [2.75, 3.05) is 13.2 Å². The van der Waals surface area contributed by atoms with Gasteiger partial charge in [0.15, 0.2) is 6.04 Å². The van der Waals surface area contributed by atoms with Gasteiger partial charge in [-0.1, -0.05) is 31.5 Å². The number of carbonyl (C=O) groups excluding carboxylic acids is 2. The molecule has 1 aliphatic heterocycles. The minimum absolute atomic E-state index is 0.0675. The van der Waals surface area contributed by atoms with Crippen molar-refractivity contribution >= 4 is 11.9 Å². The molecule has 1 amide bonds. The molecule has 1 heterocycles. The van der Waals surface area contributed by atoms with Crippen LogP contribution in [0.2, 0.25) is 0 Å². The van der Waals surface area contributed by atoms with Crippen LogP contribution in [-0.4, -0.2) is 29.9 Å². The van der Waals surface area contributed by atoms with Crippen molar-refractivity contribution in [1.82, 2.24) is 4.90 Å². The van der Waals surface area contributed by atoms with Gasteiger partial charge in [0, 0.05) is 12.1 Å². The number of fused-ring (bicyclic) bond motifs is 1. The smallest absolute Gasteiger partial charge is 0.333 e. The number of amides is 1. The molecule has 1 aliphatic rings. The number of ether oxygens (including phenoxy) is 1. The summed E-state index contributed by atoms with van der Waals surface area (Å²) < 4.78 is 5.11. The molecule has 0 saturated carbocycles. The van der Waals surface area contributed by atoms with E-state index in [9.17, 15) is 9.59 Å². The normalized spacial score (nSPS) is 17.5. The van der Waals surface area contributed by atoms with Crippen LogP contribution in [0.4, 0.5) is 0 Å². The van der Waals surface area contributed by atoms with E-state index in [1.807, 2.05) is 18.2 Å². The van der Waals surface area contributed by atoms with Gasteiger partial charge in [-0.3, -0.25) is 4.79 Å². The predicted octanol–water partition coefficient (Wildman–Crippen LogP) is 2.55. The van der Waals surface area contributed by atoms with E-state index < -0.39 is 6.04 Å².